The number of nitriles is 1. The number of fused-ring (bicyclic) bond motifs is 2. The Morgan fingerprint density at radius 1 is 1.16 bits per heavy atom. The monoisotopic (exact) mass is 499 g/mol. The average Bonchev–Trinajstić information content (AvgIpc) is 3.47. The molecule has 1 amide bonds. The second kappa shape index (κ2) is 9.34. The number of ether oxygens (including phenoxy) is 1. The van der Waals surface area contributed by atoms with Crippen molar-refractivity contribution in [1.82, 2.24) is 24.5 Å². The number of carbonyl (C=O) groups is 1. The number of carbonyl (C=O) groups excluding carboxylic acids is 1. The summed E-state index contributed by atoms with van der Waals surface area (Å²) in [6, 6.07) is 6.96. The summed E-state index contributed by atoms with van der Waals surface area (Å²) in [6.07, 6.45) is 6.51. The summed E-state index contributed by atoms with van der Waals surface area (Å²) in [4.78, 5) is 16.5. The minimum atomic E-state index is 0.0951. The van der Waals surface area contributed by atoms with Crippen molar-refractivity contribution >= 4 is 17.4 Å². The van der Waals surface area contributed by atoms with Gasteiger partial charge in [-0.05, 0) is 50.3 Å². The first-order valence-electron chi connectivity index (χ1n) is 13.2. The van der Waals surface area contributed by atoms with Crippen LogP contribution in [0, 0.1) is 18.3 Å². The molecule has 0 spiro atoms. The van der Waals surface area contributed by atoms with Gasteiger partial charge in [-0.3, -0.25) is 14.2 Å². The fourth-order valence-corrected chi connectivity index (χ4v) is 6.08. The van der Waals surface area contributed by atoms with Crippen LogP contribution in [0.2, 0.25) is 0 Å². The van der Waals surface area contributed by atoms with Crippen LogP contribution in [0.15, 0.2) is 18.3 Å². The standard InChI is InChI=1S/C28H33N7O2/c1-18-24(16-30-32(18)3)23-13-20-5-4-9-34(27(20)14-21(23)15-29)28-25-17-33(19(2)36)10-6-26(25)35(31-28)22-7-11-37-12-8-22/h13-14,16,22H,4-12,17H2,1-3H3. The number of anilines is 2. The number of hydrogen-bond donors (Lipinski definition) is 0. The van der Waals surface area contributed by atoms with Gasteiger partial charge in [0.05, 0.1) is 30.4 Å². The molecule has 0 aliphatic carbocycles. The molecule has 37 heavy (non-hydrogen) atoms. The first-order valence-corrected chi connectivity index (χ1v) is 13.2. The van der Waals surface area contributed by atoms with E-state index < -0.39 is 0 Å². The second-order valence-electron chi connectivity index (χ2n) is 10.4. The molecule has 0 saturated carbocycles. The Kier molecular flexibility index (Phi) is 6.00. The number of nitrogens with zero attached hydrogens (tertiary/aromatic N) is 7. The third kappa shape index (κ3) is 4.00. The van der Waals surface area contributed by atoms with Crippen LogP contribution in [0.25, 0.3) is 11.1 Å². The predicted molar refractivity (Wildman–Crippen MR) is 140 cm³/mol. The summed E-state index contributed by atoms with van der Waals surface area (Å²) in [5.74, 6) is 1.03. The van der Waals surface area contributed by atoms with Crippen LogP contribution in [0.5, 0.6) is 0 Å². The summed E-state index contributed by atoms with van der Waals surface area (Å²) in [7, 11) is 1.92. The van der Waals surface area contributed by atoms with E-state index >= 15 is 0 Å². The zero-order chi connectivity index (χ0) is 25.7. The summed E-state index contributed by atoms with van der Waals surface area (Å²) >= 11 is 0. The van der Waals surface area contributed by atoms with Crippen molar-refractivity contribution in [3.05, 3.63) is 46.4 Å². The molecule has 1 saturated heterocycles. The maximum absolute atomic E-state index is 12.3. The lowest BCUT2D eigenvalue weighted by atomic mass is 9.92. The van der Waals surface area contributed by atoms with Gasteiger partial charge in [0.15, 0.2) is 5.82 Å². The van der Waals surface area contributed by atoms with E-state index in [9.17, 15) is 10.1 Å². The topological polar surface area (TPSA) is 92.2 Å². The van der Waals surface area contributed by atoms with Crippen LogP contribution in [0.1, 0.15) is 60.3 Å². The lowest BCUT2D eigenvalue weighted by Gasteiger charge is -2.33. The molecule has 0 radical (unpaired) electrons. The Labute approximate surface area is 217 Å². The van der Waals surface area contributed by atoms with Gasteiger partial charge >= 0.3 is 0 Å². The van der Waals surface area contributed by atoms with Crippen molar-refractivity contribution in [2.45, 2.75) is 58.5 Å². The molecule has 1 fully saturated rings. The molecule has 0 atom stereocenters. The molecule has 6 rings (SSSR count). The maximum atomic E-state index is 12.3. The predicted octanol–water partition coefficient (Wildman–Crippen LogP) is 3.80. The highest BCUT2D eigenvalue weighted by Crippen LogP contribution is 2.42. The first kappa shape index (κ1) is 23.7. The van der Waals surface area contributed by atoms with Gasteiger partial charge < -0.3 is 14.5 Å². The highest BCUT2D eigenvalue weighted by atomic mass is 16.5. The van der Waals surface area contributed by atoms with Gasteiger partial charge in [0.25, 0.3) is 0 Å². The quantitative estimate of drug-likeness (QED) is 0.544. The number of benzene rings is 1. The van der Waals surface area contributed by atoms with Gasteiger partial charge in [-0.1, -0.05) is 0 Å². The molecule has 1 aromatic carbocycles. The summed E-state index contributed by atoms with van der Waals surface area (Å²) in [5, 5.41) is 19.8. The molecular weight excluding hydrogens is 466 g/mol. The van der Waals surface area contributed by atoms with Gasteiger partial charge in [-0.25, -0.2) is 0 Å². The molecule has 3 aliphatic heterocycles. The van der Waals surface area contributed by atoms with Gasteiger partial charge in [-0.2, -0.15) is 15.5 Å². The summed E-state index contributed by atoms with van der Waals surface area (Å²) in [6.45, 7) is 7.31. The Hall–Kier alpha value is -3.64. The second-order valence-corrected chi connectivity index (χ2v) is 10.4. The molecule has 2 aromatic heterocycles. The van der Waals surface area contributed by atoms with Crippen molar-refractivity contribution in [1.29, 1.82) is 5.26 Å². The Balaban J connectivity index is 1.47. The molecular formula is C28H33N7O2. The van der Waals surface area contributed by atoms with E-state index in [1.807, 2.05) is 35.8 Å². The van der Waals surface area contributed by atoms with E-state index in [4.69, 9.17) is 9.84 Å². The van der Waals surface area contributed by atoms with Crippen LogP contribution >= 0.6 is 0 Å². The lowest BCUT2D eigenvalue weighted by Crippen LogP contribution is -2.36. The Morgan fingerprint density at radius 2 is 1.97 bits per heavy atom. The summed E-state index contributed by atoms with van der Waals surface area (Å²) in [5.41, 5.74) is 8.27. The van der Waals surface area contributed by atoms with Gasteiger partial charge in [0, 0.05) is 80.5 Å². The molecule has 3 aliphatic rings. The number of aromatic nitrogens is 4. The molecule has 0 bridgehead atoms. The summed E-state index contributed by atoms with van der Waals surface area (Å²) < 4.78 is 9.70. The SMILES string of the molecule is CC(=O)N1CCc2c(c(N3CCCc4cc(-c5cnn(C)c5C)c(C#N)cc43)nn2C2CCOCC2)C1. The maximum Gasteiger partial charge on any atom is 0.219 e. The zero-order valence-electron chi connectivity index (χ0n) is 21.8. The van der Waals surface area contributed by atoms with Crippen LogP contribution < -0.4 is 4.90 Å². The van der Waals surface area contributed by atoms with E-state index in [2.05, 4.69) is 26.8 Å². The Bertz CT molecular complexity index is 1410. The van der Waals surface area contributed by atoms with E-state index in [0.717, 1.165) is 92.3 Å². The highest BCUT2D eigenvalue weighted by molar-refractivity contribution is 5.80. The van der Waals surface area contributed by atoms with Crippen molar-refractivity contribution in [3.63, 3.8) is 0 Å². The number of amides is 1. The molecule has 0 unspecified atom stereocenters. The van der Waals surface area contributed by atoms with E-state index in [0.29, 0.717) is 18.2 Å². The third-order valence-electron chi connectivity index (χ3n) is 8.29. The molecule has 9 nitrogen and oxygen atoms in total. The molecule has 9 heteroatoms. The van der Waals surface area contributed by atoms with E-state index in [-0.39, 0.29) is 5.91 Å². The molecule has 0 N–H and O–H groups in total. The van der Waals surface area contributed by atoms with E-state index in [1.54, 1.807) is 6.92 Å². The average molecular weight is 500 g/mol. The van der Waals surface area contributed by atoms with E-state index in [1.165, 1.54) is 11.3 Å². The van der Waals surface area contributed by atoms with Gasteiger partial charge in [-0.15, -0.1) is 0 Å². The molecule has 192 valence electrons. The zero-order valence-corrected chi connectivity index (χ0v) is 21.8. The smallest absolute Gasteiger partial charge is 0.219 e. The van der Waals surface area contributed by atoms with Crippen LogP contribution in [-0.2, 0) is 36.0 Å². The van der Waals surface area contributed by atoms with Gasteiger partial charge in [0.2, 0.25) is 5.91 Å². The minimum Gasteiger partial charge on any atom is -0.381 e. The third-order valence-corrected chi connectivity index (χ3v) is 8.29. The van der Waals surface area contributed by atoms with Gasteiger partial charge in [0.1, 0.15) is 0 Å². The van der Waals surface area contributed by atoms with Crippen LogP contribution in [-0.4, -0.2) is 56.7 Å². The highest BCUT2D eigenvalue weighted by Gasteiger charge is 2.33. The number of rotatable bonds is 3. The minimum absolute atomic E-state index is 0.0951. The normalized spacial score (nSPS) is 17.9. The fourth-order valence-electron chi connectivity index (χ4n) is 6.08. The van der Waals surface area contributed by atoms with Crippen molar-refractivity contribution in [2.24, 2.45) is 7.05 Å². The van der Waals surface area contributed by atoms with Crippen LogP contribution in [0.4, 0.5) is 11.5 Å². The first-order chi connectivity index (χ1) is 18.0. The Morgan fingerprint density at radius 3 is 2.68 bits per heavy atom. The fraction of sp³-hybridized carbons (Fsp3) is 0.500. The molecule has 5 heterocycles. The molecule has 3 aromatic rings. The largest absolute Gasteiger partial charge is 0.381 e. The van der Waals surface area contributed by atoms with Crippen LogP contribution in [0.3, 0.4) is 0 Å². The lowest BCUT2D eigenvalue weighted by molar-refractivity contribution is -0.129. The van der Waals surface area contributed by atoms with Crippen molar-refractivity contribution in [3.8, 4) is 17.2 Å². The van der Waals surface area contributed by atoms with Crippen molar-refractivity contribution in [2.75, 3.05) is 31.2 Å². The number of hydrogen-bond acceptors (Lipinski definition) is 6. The number of aryl methyl sites for hydroxylation is 2. The van der Waals surface area contributed by atoms with Crippen molar-refractivity contribution < 1.29 is 9.53 Å².